The molecule has 2 amide bonds. The molecule has 29 heavy (non-hydrogen) atoms. The third kappa shape index (κ3) is 3.99. The van der Waals surface area contributed by atoms with E-state index >= 15 is 0 Å². The number of anilines is 2. The highest BCUT2D eigenvalue weighted by Crippen LogP contribution is 2.32. The summed E-state index contributed by atoms with van der Waals surface area (Å²) in [7, 11) is 0. The molecule has 1 aromatic heterocycles. The molecule has 1 atom stereocenters. The van der Waals surface area contributed by atoms with Gasteiger partial charge in [-0.3, -0.25) is 14.3 Å². The number of hydrogen-bond acceptors (Lipinski definition) is 3. The number of para-hydroxylation sites is 1. The van der Waals surface area contributed by atoms with Gasteiger partial charge >= 0.3 is 0 Å². The van der Waals surface area contributed by atoms with Crippen molar-refractivity contribution in [3.63, 3.8) is 0 Å². The number of hydrogen-bond donors (Lipinski definition) is 1. The highest BCUT2D eigenvalue weighted by molar-refractivity contribution is 7.59. The molecule has 9 heteroatoms. The molecular weight excluding hydrogens is 431 g/mol. The zero-order valence-corrected chi connectivity index (χ0v) is 17.9. The standard InChI is InChI=1S/C20H16Cl2N4O2.H2S/c1-12-11-25(14-7-8-16(21)17(22)9-14)20(28)18-15(10-23-26(12)18)19(27)24-13-5-3-2-4-6-13;/h2-10,12H,11H2,1H3,(H,24,27);1H2/t12-;/m0./s1. The number of amides is 2. The first kappa shape index (κ1) is 21.2. The Morgan fingerprint density at radius 2 is 1.86 bits per heavy atom. The van der Waals surface area contributed by atoms with Gasteiger partial charge in [0.25, 0.3) is 11.8 Å². The molecule has 1 aliphatic heterocycles. The smallest absolute Gasteiger partial charge is 0.277 e. The van der Waals surface area contributed by atoms with Crippen molar-refractivity contribution in [2.75, 3.05) is 16.8 Å². The molecule has 4 rings (SSSR count). The zero-order valence-electron chi connectivity index (χ0n) is 15.4. The lowest BCUT2D eigenvalue weighted by Crippen LogP contribution is -2.43. The number of carbonyl (C=O) groups excluding carboxylic acids is 2. The molecule has 0 aliphatic carbocycles. The lowest BCUT2D eigenvalue weighted by molar-refractivity contribution is 0.0939. The molecule has 0 unspecified atom stereocenters. The van der Waals surface area contributed by atoms with E-state index in [4.69, 9.17) is 23.2 Å². The largest absolute Gasteiger partial charge is 0.322 e. The second kappa shape index (κ2) is 8.49. The van der Waals surface area contributed by atoms with Crippen LogP contribution in [0.15, 0.2) is 54.7 Å². The Hall–Kier alpha value is -2.48. The zero-order chi connectivity index (χ0) is 19.8. The maximum atomic E-state index is 13.2. The maximum absolute atomic E-state index is 13.2. The first-order chi connectivity index (χ1) is 13.5. The number of rotatable bonds is 3. The normalized spacial score (nSPS) is 15.5. The molecule has 3 aromatic rings. The summed E-state index contributed by atoms with van der Waals surface area (Å²) in [6.07, 6.45) is 1.43. The quantitative estimate of drug-likeness (QED) is 0.626. The van der Waals surface area contributed by atoms with Gasteiger partial charge in [-0.2, -0.15) is 18.6 Å². The third-order valence-electron chi connectivity index (χ3n) is 4.60. The Balaban J connectivity index is 0.00000240. The minimum Gasteiger partial charge on any atom is -0.322 e. The summed E-state index contributed by atoms with van der Waals surface area (Å²) in [6.45, 7) is 2.34. The molecule has 0 bridgehead atoms. The van der Waals surface area contributed by atoms with E-state index in [0.717, 1.165) is 0 Å². The fraction of sp³-hybridized carbons (Fsp3) is 0.150. The molecule has 0 fully saturated rings. The van der Waals surface area contributed by atoms with Gasteiger partial charge in [0, 0.05) is 17.9 Å². The van der Waals surface area contributed by atoms with Gasteiger partial charge in [-0.25, -0.2) is 0 Å². The Morgan fingerprint density at radius 1 is 1.14 bits per heavy atom. The summed E-state index contributed by atoms with van der Waals surface area (Å²) in [4.78, 5) is 27.6. The summed E-state index contributed by atoms with van der Waals surface area (Å²) < 4.78 is 1.59. The Labute approximate surface area is 184 Å². The second-order valence-corrected chi connectivity index (χ2v) is 7.35. The summed E-state index contributed by atoms with van der Waals surface area (Å²) >= 11 is 12.1. The number of nitrogens with one attached hydrogen (secondary N) is 1. The van der Waals surface area contributed by atoms with Crippen LogP contribution in [-0.2, 0) is 0 Å². The van der Waals surface area contributed by atoms with Crippen molar-refractivity contribution in [2.45, 2.75) is 13.0 Å². The molecule has 0 saturated heterocycles. The van der Waals surface area contributed by atoms with Gasteiger partial charge in [0.15, 0.2) is 0 Å². The van der Waals surface area contributed by atoms with Gasteiger partial charge in [0.05, 0.1) is 27.8 Å². The average Bonchev–Trinajstić information content (AvgIpc) is 3.14. The average molecular weight is 449 g/mol. The summed E-state index contributed by atoms with van der Waals surface area (Å²) in [5, 5.41) is 7.85. The summed E-state index contributed by atoms with van der Waals surface area (Å²) in [6, 6.07) is 14.0. The maximum Gasteiger partial charge on any atom is 0.277 e. The number of fused-ring (bicyclic) bond motifs is 1. The molecule has 150 valence electrons. The highest BCUT2D eigenvalue weighted by atomic mass is 35.5. The molecule has 0 spiro atoms. The van der Waals surface area contributed by atoms with Crippen molar-refractivity contribution in [3.8, 4) is 0 Å². The number of benzene rings is 2. The van der Waals surface area contributed by atoms with Gasteiger partial charge < -0.3 is 10.2 Å². The van der Waals surface area contributed by atoms with Crippen LogP contribution in [0.3, 0.4) is 0 Å². The number of halogens is 2. The minimum absolute atomic E-state index is 0. The molecule has 2 aromatic carbocycles. The number of nitrogens with zero attached hydrogens (tertiary/aromatic N) is 3. The molecule has 2 heterocycles. The molecule has 0 radical (unpaired) electrons. The summed E-state index contributed by atoms with van der Waals surface area (Å²) in [5.41, 5.74) is 1.74. The van der Waals surface area contributed by atoms with Crippen LogP contribution < -0.4 is 10.2 Å². The fourth-order valence-corrected chi connectivity index (χ4v) is 3.52. The van der Waals surface area contributed by atoms with Crippen molar-refractivity contribution in [1.82, 2.24) is 9.78 Å². The summed E-state index contributed by atoms with van der Waals surface area (Å²) in [5.74, 6) is -0.698. The Morgan fingerprint density at radius 3 is 2.55 bits per heavy atom. The van der Waals surface area contributed by atoms with Crippen LogP contribution in [0.25, 0.3) is 0 Å². The van der Waals surface area contributed by atoms with Gasteiger partial charge in [-0.1, -0.05) is 41.4 Å². The first-order valence-electron chi connectivity index (χ1n) is 8.66. The third-order valence-corrected chi connectivity index (χ3v) is 5.34. The van der Waals surface area contributed by atoms with Crippen LogP contribution >= 0.6 is 36.7 Å². The molecule has 1 aliphatic rings. The lowest BCUT2D eigenvalue weighted by Gasteiger charge is -2.32. The first-order valence-corrected chi connectivity index (χ1v) is 9.42. The van der Waals surface area contributed by atoms with E-state index in [1.165, 1.54) is 6.20 Å². The van der Waals surface area contributed by atoms with Crippen molar-refractivity contribution in [2.24, 2.45) is 0 Å². The topological polar surface area (TPSA) is 67.2 Å². The monoisotopic (exact) mass is 448 g/mol. The predicted molar refractivity (Wildman–Crippen MR) is 120 cm³/mol. The Bertz CT molecular complexity index is 1070. The predicted octanol–water partition coefficient (Wildman–Crippen LogP) is 4.78. The van der Waals surface area contributed by atoms with Crippen LogP contribution in [0.4, 0.5) is 11.4 Å². The number of carbonyl (C=O) groups is 2. The van der Waals surface area contributed by atoms with Crippen molar-refractivity contribution in [1.29, 1.82) is 0 Å². The van der Waals surface area contributed by atoms with E-state index in [9.17, 15) is 9.59 Å². The van der Waals surface area contributed by atoms with E-state index in [0.29, 0.717) is 28.0 Å². The molecule has 0 saturated carbocycles. The van der Waals surface area contributed by atoms with Crippen LogP contribution in [-0.4, -0.2) is 28.1 Å². The van der Waals surface area contributed by atoms with E-state index in [1.54, 1.807) is 39.9 Å². The molecule has 1 N–H and O–H groups in total. The van der Waals surface area contributed by atoms with Crippen molar-refractivity contribution >= 4 is 59.9 Å². The van der Waals surface area contributed by atoms with Crippen LogP contribution in [0.1, 0.15) is 33.8 Å². The van der Waals surface area contributed by atoms with Crippen molar-refractivity contribution in [3.05, 3.63) is 76.0 Å². The van der Waals surface area contributed by atoms with E-state index in [-0.39, 0.29) is 42.6 Å². The van der Waals surface area contributed by atoms with Crippen LogP contribution in [0, 0.1) is 0 Å². The van der Waals surface area contributed by atoms with Crippen LogP contribution in [0.2, 0.25) is 10.0 Å². The van der Waals surface area contributed by atoms with Crippen molar-refractivity contribution < 1.29 is 9.59 Å². The molecule has 6 nitrogen and oxygen atoms in total. The van der Waals surface area contributed by atoms with Gasteiger partial charge in [-0.15, -0.1) is 0 Å². The van der Waals surface area contributed by atoms with Gasteiger partial charge in [-0.05, 0) is 37.3 Å². The molecular formula is C20H18Cl2N4O2S. The van der Waals surface area contributed by atoms with Gasteiger partial charge in [0.1, 0.15) is 5.69 Å². The second-order valence-electron chi connectivity index (χ2n) is 6.53. The lowest BCUT2D eigenvalue weighted by atomic mass is 10.1. The highest BCUT2D eigenvalue weighted by Gasteiger charge is 2.35. The van der Waals surface area contributed by atoms with E-state index < -0.39 is 0 Å². The van der Waals surface area contributed by atoms with Crippen LogP contribution in [0.5, 0.6) is 0 Å². The van der Waals surface area contributed by atoms with E-state index in [1.807, 2.05) is 25.1 Å². The van der Waals surface area contributed by atoms with Gasteiger partial charge in [0.2, 0.25) is 0 Å². The minimum atomic E-state index is -0.385. The number of aromatic nitrogens is 2. The van der Waals surface area contributed by atoms with E-state index in [2.05, 4.69) is 10.4 Å². The SMILES string of the molecule is C[C@H]1CN(c2ccc(Cl)c(Cl)c2)C(=O)c2c(C(=O)Nc3ccccc3)cnn21.S. The Kier molecular flexibility index (Phi) is 6.21. The fourth-order valence-electron chi connectivity index (χ4n) is 3.22.